The van der Waals surface area contributed by atoms with Gasteiger partial charge in [0.1, 0.15) is 12.3 Å². The van der Waals surface area contributed by atoms with Crippen LogP contribution in [0.25, 0.3) is 0 Å². The lowest BCUT2D eigenvalue weighted by atomic mass is 9.97. The van der Waals surface area contributed by atoms with Crippen LogP contribution in [0, 0.1) is 20.8 Å². The van der Waals surface area contributed by atoms with E-state index in [0.717, 1.165) is 26.6 Å². The van der Waals surface area contributed by atoms with Crippen molar-refractivity contribution in [3.63, 3.8) is 0 Å². The number of amides is 1. The van der Waals surface area contributed by atoms with Gasteiger partial charge >= 0.3 is 0 Å². The fraction of sp³-hybridized carbons (Fsp3) is 0.296. The molecular formula is C27H32N2O4S. The van der Waals surface area contributed by atoms with Gasteiger partial charge in [-0.1, -0.05) is 48.4 Å². The van der Waals surface area contributed by atoms with E-state index < -0.39 is 10.0 Å². The van der Waals surface area contributed by atoms with Crippen molar-refractivity contribution in [2.45, 2.75) is 45.1 Å². The Hall–Kier alpha value is -3.32. The molecule has 0 spiro atoms. The third kappa shape index (κ3) is 5.78. The molecule has 0 aliphatic carbocycles. The van der Waals surface area contributed by atoms with Crippen LogP contribution in [0.2, 0.25) is 0 Å². The maximum absolute atomic E-state index is 13.6. The highest BCUT2D eigenvalue weighted by molar-refractivity contribution is 7.92. The summed E-state index contributed by atoms with van der Waals surface area (Å²) in [5.74, 6) is 0.183. The summed E-state index contributed by atoms with van der Waals surface area (Å²) in [6.45, 7) is 7.63. The number of aryl methyl sites for hydroxylation is 3. The molecule has 0 fully saturated rings. The number of ether oxygens (including phenoxy) is 1. The van der Waals surface area contributed by atoms with Gasteiger partial charge in [0.15, 0.2) is 0 Å². The predicted octanol–water partition coefficient (Wildman–Crippen LogP) is 5.08. The third-order valence-electron chi connectivity index (χ3n) is 5.80. The summed E-state index contributed by atoms with van der Waals surface area (Å²) < 4.78 is 33.4. The number of anilines is 1. The zero-order valence-electron chi connectivity index (χ0n) is 20.3. The van der Waals surface area contributed by atoms with Crippen molar-refractivity contribution in [2.24, 2.45) is 0 Å². The molecule has 0 aliphatic heterocycles. The van der Waals surface area contributed by atoms with Crippen molar-refractivity contribution >= 4 is 21.6 Å². The van der Waals surface area contributed by atoms with Crippen molar-refractivity contribution in [1.82, 2.24) is 5.32 Å². The van der Waals surface area contributed by atoms with Gasteiger partial charge in [-0.25, -0.2) is 8.42 Å². The molecule has 0 bridgehead atoms. The molecule has 1 atom stereocenters. The van der Waals surface area contributed by atoms with Gasteiger partial charge in [-0.05, 0) is 74.7 Å². The van der Waals surface area contributed by atoms with Crippen molar-refractivity contribution in [1.29, 1.82) is 0 Å². The number of hydrogen-bond donors (Lipinski definition) is 1. The second-order valence-electron chi connectivity index (χ2n) is 8.41. The average Bonchev–Trinajstić information content (AvgIpc) is 2.82. The van der Waals surface area contributed by atoms with Crippen molar-refractivity contribution in [3.05, 3.63) is 89.0 Å². The molecule has 6 nitrogen and oxygen atoms in total. The van der Waals surface area contributed by atoms with Gasteiger partial charge in [-0.3, -0.25) is 9.10 Å². The standard InChI is InChI=1S/C27H32N2O4S/c1-6-26(25-16-9-20(3)17-21(25)4)28-27(30)18-29(22-10-7-19(2)8-11-22)34(31,32)24-14-12-23(33-5)13-15-24/h7-17,26H,6,18H2,1-5H3,(H,28,30). The molecule has 3 aromatic rings. The minimum Gasteiger partial charge on any atom is -0.497 e. The fourth-order valence-corrected chi connectivity index (χ4v) is 5.31. The Balaban J connectivity index is 1.91. The molecule has 0 radical (unpaired) electrons. The molecule has 3 aromatic carbocycles. The Kier molecular flexibility index (Phi) is 7.99. The van der Waals surface area contributed by atoms with Gasteiger partial charge in [0.05, 0.1) is 23.7 Å². The van der Waals surface area contributed by atoms with Crippen molar-refractivity contribution in [3.8, 4) is 5.75 Å². The minimum atomic E-state index is -3.99. The van der Waals surface area contributed by atoms with Gasteiger partial charge < -0.3 is 10.1 Å². The number of sulfonamides is 1. The Bertz CT molecular complexity index is 1240. The molecule has 180 valence electrons. The predicted molar refractivity (Wildman–Crippen MR) is 136 cm³/mol. The highest BCUT2D eigenvalue weighted by atomic mass is 32.2. The molecule has 1 amide bonds. The van der Waals surface area contributed by atoms with E-state index in [1.807, 2.05) is 52.0 Å². The summed E-state index contributed by atoms with van der Waals surface area (Å²) in [4.78, 5) is 13.2. The number of benzene rings is 3. The minimum absolute atomic E-state index is 0.0862. The topological polar surface area (TPSA) is 75.7 Å². The fourth-order valence-electron chi connectivity index (χ4n) is 3.89. The molecule has 0 saturated carbocycles. The van der Waals surface area contributed by atoms with Crippen LogP contribution in [0.4, 0.5) is 5.69 Å². The molecular weight excluding hydrogens is 448 g/mol. The molecule has 0 aromatic heterocycles. The molecule has 0 heterocycles. The van der Waals surface area contributed by atoms with Crippen molar-refractivity contribution in [2.75, 3.05) is 18.0 Å². The van der Waals surface area contributed by atoms with Crippen molar-refractivity contribution < 1.29 is 17.9 Å². The molecule has 1 unspecified atom stereocenters. The normalized spacial score (nSPS) is 12.1. The van der Waals surface area contributed by atoms with Crippen LogP contribution in [0.5, 0.6) is 5.75 Å². The Morgan fingerprint density at radius 1 is 0.941 bits per heavy atom. The monoisotopic (exact) mass is 480 g/mol. The summed E-state index contributed by atoms with van der Waals surface area (Å²) in [5, 5.41) is 3.03. The summed E-state index contributed by atoms with van der Waals surface area (Å²) in [5.41, 5.74) is 4.69. The summed E-state index contributed by atoms with van der Waals surface area (Å²) in [7, 11) is -2.47. The first-order valence-electron chi connectivity index (χ1n) is 11.3. The third-order valence-corrected chi connectivity index (χ3v) is 7.59. The maximum Gasteiger partial charge on any atom is 0.264 e. The number of carbonyl (C=O) groups excluding carboxylic acids is 1. The van der Waals surface area contributed by atoms with E-state index in [1.54, 1.807) is 24.3 Å². The number of hydrogen-bond acceptors (Lipinski definition) is 4. The molecule has 3 rings (SSSR count). The second-order valence-corrected chi connectivity index (χ2v) is 10.3. The highest BCUT2D eigenvalue weighted by Gasteiger charge is 2.28. The molecule has 34 heavy (non-hydrogen) atoms. The summed E-state index contributed by atoms with van der Waals surface area (Å²) in [6.07, 6.45) is 0.686. The second kappa shape index (κ2) is 10.7. The Labute approximate surface area is 202 Å². The zero-order chi connectivity index (χ0) is 24.9. The first-order chi connectivity index (χ1) is 16.1. The quantitative estimate of drug-likeness (QED) is 0.463. The molecule has 0 aliphatic rings. The number of nitrogens with one attached hydrogen (secondary N) is 1. The SMILES string of the molecule is CCC(NC(=O)CN(c1ccc(C)cc1)S(=O)(=O)c1ccc(OC)cc1)c1ccc(C)cc1C. The lowest BCUT2D eigenvalue weighted by Gasteiger charge is -2.26. The van der Waals surface area contributed by atoms with Crippen LogP contribution < -0.4 is 14.4 Å². The van der Waals surface area contributed by atoms with E-state index in [0.29, 0.717) is 17.9 Å². The van der Waals surface area contributed by atoms with E-state index in [2.05, 4.69) is 11.4 Å². The van der Waals surface area contributed by atoms with Crippen LogP contribution >= 0.6 is 0 Å². The largest absolute Gasteiger partial charge is 0.497 e. The Morgan fingerprint density at radius 3 is 2.12 bits per heavy atom. The molecule has 7 heteroatoms. The first-order valence-corrected chi connectivity index (χ1v) is 12.7. The van der Waals surface area contributed by atoms with Crippen LogP contribution in [-0.2, 0) is 14.8 Å². The van der Waals surface area contributed by atoms with Crippen LogP contribution in [0.1, 0.15) is 41.6 Å². The zero-order valence-corrected chi connectivity index (χ0v) is 21.1. The summed E-state index contributed by atoms with van der Waals surface area (Å²) in [6, 6.07) is 19.1. The van der Waals surface area contributed by atoms with E-state index in [1.165, 1.54) is 19.2 Å². The number of methoxy groups -OCH3 is 1. The van der Waals surface area contributed by atoms with Crippen LogP contribution in [0.15, 0.2) is 71.6 Å². The van der Waals surface area contributed by atoms with Gasteiger partial charge in [-0.2, -0.15) is 0 Å². The van der Waals surface area contributed by atoms with Gasteiger partial charge in [-0.15, -0.1) is 0 Å². The molecule has 0 saturated heterocycles. The number of rotatable bonds is 9. The van der Waals surface area contributed by atoms with Crippen LogP contribution in [-0.4, -0.2) is 28.0 Å². The molecule has 1 N–H and O–H groups in total. The lowest BCUT2D eigenvalue weighted by molar-refractivity contribution is -0.120. The number of carbonyl (C=O) groups is 1. The first kappa shape index (κ1) is 25.3. The van der Waals surface area contributed by atoms with E-state index in [-0.39, 0.29) is 23.4 Å². The summed E-state index contributed by atoms with van der Waals surface area (Å²) >= 11 is 0. The van der Waals surface area contributed by atoms with E-state index in [4.69, 9.17) is 4.74 Å². The average molecular weight is 481 g/mol. The maximum atomic E-state index is 13.6. The van der Waals surface area contributed by atoms with Gasteiger partial charge in [0, 0.05) is 0 Å². The van der Waals surface area contributed by atoms with Gasteiger partial charge in [0.25, 0.3) is 10.0 Å². The van der Waals surface area contributed by atoms with Gasteiger partial charge in [0.2, 0.25) is 5.91 Å². The Morgan fingerprint density at radius 2 is 1.56 bits per heavy atom. The van der Waals surface area contributed by atoms with E-state index >= 15 is 0 Å². The van der Waals surface area contributed by atoms with E-state index in [9.17, 15) is 13.2 Å². The number of nitrogens with zero attached hydrogens (tertiary/aromatic N) is 1. The smallest absolute Gasteiger partial charge is 0.264 e. The lowest BCUT2D eigenvalue weighted by Crippen LogP contribution is -2.42. The van der Waals surface area contributed by atoms with Crippen LogP contribution in [0.3, 0.4) is 0 Å². The highest BCUT2D eigenvalue weighted by Crippen LogP contribution is 2.26.